The molecule has 0 aromatic heterocycles. The molecular weight excluding hydrogens is 511 g/mol. The van der Waals surface area contributed by atoms with E-state index in [1.165, 1.54) is 37.8 Å². The minimum absolute atomic E-state index is 0. The van der Waals surface area contributed by atoms with Crippen molar-refractivity contribution in [2.75, 3.05) is 6.16 Å². The third-order valence-electron chi connectivity index (χ3n) is 7.16. The summed E-state index contributed by atoms with van der Waals surface area (Å²) in [5.74, 6) is 0.249. The van der Waals surface area contributed by atoms with E-state index < -0.39 is 7.26 Å². The third kappa shape index (κ3) is 4.05. The standard InChI is InChI=1S/C32H26OP.BrH/c33-31(29-21-19-24-11-10-12-25-20-22-30(29)32(24)25)23-34(26-13-4-1-5-14-26,27-15-6-2-7-16-27)28-17-8-3-9-18-28;/h1-19,21H,20,22-23H2;1H/q+1;/p-1. The van der Waals surface area contributed by atoms with Crippen LogP contribution in [0, 0.1) is 0 Å². The first kappa shape index (κ1) is 23.7. The van der Waals surface area contributed by atoms with Crippen LogP contribution in [0.3, 0.4) is 0 Å². The molecule has 0 N–H and O–H groups in total. The molecule has 3 heteroatoms. The van der Waals surface area contributed by atoms with Crippen LogP contribution in [0.25, 0.3) is 10.8 Å². The Balaban J connectivity index is 0.00000253. The maximum atomic E-state index is 14.3. The van der Waals surface area contributed by atoms with Crippen LogP contribution in [0.5, 0.6) is 0 Å². The lowest BCUT2D eigenvalue weighted by Gasteiger charge is -2.27. The number of hydrogen-bond acceptors (Lipinski definition) is 1. The largest absolute Gasteiger partial charge is 1.00 e. The molecule has 35 heavy (non-hydrogen) atoms. The summed E-state index contributed by atoms with van der Waals surface area (Å²) < 4.78 is 0. The Morgan fingerprint density at radius 1 is 0.600 bits per heavy atom. The molecule has 0 spiro atoms. The van der Waals surface area contributed by atoms with Crippen molar-refractivity contribution in [2.24, 2.45) is 0 Å². The SMILES string of the molecule is O=C(C[P+](c1ccccc1)(c1ccccc1)c1ccccc1)c1ccc2cccc3c2c1CC3.[Br-]. The molecule has 0 saturated heterocycles. The monoisotopic (exact) mass is 536 g/mol. The van der Waals surface area contributed by atoms with Gasteiger partial charge >= 0.3 is 0 Å². The van der Waals surface area contributed by atoms with Gasteiger partial charge in [-0.2, -0.15) is 0 Å². The van der Waals surface area contributed by atoms with Crippen molar-refractivity contribution in [3.8, 4) is 0 Å². The fourth-order valence-corrected chi connectivity index (χ4v) is 9.68. The first-order chi connectivity index (χ1) is 16.8. The molecule has 1 aliphatic carbocycles. The van der Waals surface area contributed by atoms with Crippen LogP contribution in [-0.4, -0.2) is 11.9 Å². The van der Waals surface area contributed by atoms with Gasteiger partial charge in [-0.25, -0.2) is 0 Å². The molecule has 0 aliphatic heterocycles. The van der Waals surface area contributed by atoms with E-state index in [0.29, 0.717) is 6.16 Å². The molecule has 5 aromatic rings. The van der Waals surface area contributed by atoms with Gasteiger partial charge in [0.1, 0.15) is 29.3 Å². The van der Waals surface area contributed by atoms with E-state index in [1.807, 2.05) is 0 Å². The number of rotatable bonds is 6. The first-order valence-electron chi connectivity index (χ1n) is 11.9. The number of aryl methyl sites for hydroxylation is 2. The second-order valence-electron chi connectivity index (χ2n) is 9.00. The Kier molecular flexibility index (Phi) is 6.69. The highest BCUT2D eigenvalue weighted by Gasteiger charge is 2.47. The van der Waals surface area contributed by atoms with Gasteiger partial charge in [-0.3, -0.25) is 4.79 Å². The highest BCUT2D eigenvalue weighted by Crippen LogP contribution is 2.55. The quantitative estimate of drug-likeness (QED) is 0.241. The van der Waals surface area contributed by atoms with Crippen molar-refractivity contribution < 1.29 is 21.8 Å². The molecule has 0 fully saturated rings. The molecule has 0 saturated carbocycles. The number of Topliss-reactive ketones (excluding diaryl/α,β-unsaturated/α-hetero) is 1. The number of carbonyl (C=O) groups is 1. The summed E-state index contributed by atoms with van der Waals surface area (Å²) in [5, 5.41) is 6.30. The van der Waals surface area contributed by atoms with Gasteiger partial charge in [-0.05, 0) is 71.1 Å². The van der Waals surface area contributed by atoms with Gasteiger partial charge in [0.2, 0.25) is 5.78 Å². The van der Waals surface area contributed by atoms with Crippen molar-refractivity contribution in [2.45, 2.75) is 12.8 Å². The van der Waals surface area contributed by atoms with Gasteiger partial charge in [0.05, 0.1) is 0 Å². The minimum Gasteiger partial charge on any atom is -1.00 e. The molecule has 0 radical (unpaired) electrons. The Bertz CT molecular complexity index is 1380. The molecule has 0 unspecified atom stereocenters. The molecular formula is C32H26BrOP. The van der Waals surface area contributed by atoms with E-state index in [1.54, 1.807) is 0 Å². The van der Waals surface area contributed by atoms with Crippen LogP contribution < -0.4 is 32.9 Å². The summed E-state index contributed by atoms with van der Waals surface area (Å²) in [7, 11) is -2.20. The number of halogens is 1. The van der Waals surface area contributed by atoms with E-state index >= 15 is 0 Å². The van der Waals surface area contributed by atoms with Gasteiger partial charge in [0.15, 0.2) is 0 Å². The van der Waals surface area contributed by atoms with Gasteiger partial charge in [0.25, 0.3) is 0 Å². The molecule has 0 heterocycles. The van der Waals surface area contributed by atoms with Crippen molar-refractivity contribution in [1.29, 1.82) is 0 Å². The van der Waals surface area contributed by atoms with Crippen molar-refractivity contribution in [1.82, 2.24) is 0 Å². The van der Waals surface area contributed by atoms with Crippen LogP contribution in [-0.2, 0) is 12.8 Å². The van der Waals surface area contributed by atoms with E-state index in [4.69, 9.17) is 0 Å². The molecule has 0 bridgehead atoms. The van der Waals surface area contributed by atoms with Crippen LogP contribution in [0.15, 0.2) is 121 Å². The highest BCUT2D eigenvalue weighted by molar-refractivity contribution is 7.96. The highest BCUT2D eigenvalue weighted by atomic mass is 79.9. The predicted molar refractivity (Wildman–Crippen MR) is 146 cm³/mol. The summed E-state index contributed by atoms with van der Waals surface area (Å²) in [6, 6.07) is 42.7. The minimum atomic E-state index is -2.20. The Labute approximate surface area is 217 Å². The zero-order valence-electron chi connectivity index (χ0n) is 19.4. The summed E-state index contributed by atoms with van der Waals surface area (Å²) in [5.41, 5.74) is 3.52. The summed E-state index contributed by atoms with van der Waals surface area (Å²) in [4.78, 5) is 14.3. The van der Waals surface area contributed by atoms with Gasteiger partial charge in [0, 0.05) is 5.56 Å². The lowest BCUT2D eigenvalue weighted by Crippen LogP contribution is -3.00. The van der Waals surface area contributed by atoms with E-state index in [-0.39, 0.29) is 22.8 Å². The zero-order chi connectivity index (χ0) is 23.0. The molecule has 1 aliphatic rings. The second kappa shape index (κ2) is 9.90. The van der Waals surface area contributed by atoms with Crippen molar-refractivity contribution in [3.05, 3.63) is 138 Å². The number of hydrogen-bond donors (Lipinski definition) is 0. The number of carbonyl (C=O) groups excluding carboxylic acids is 1. The van der Waals surface area contributed by atoms with Crippen LogP contribution in [0.2, 0.25) is 0 Å². The second-order valence-corrected chi connectivity index (χ2v) is 12.5. The molecule has 0 amide bonds. The van der Waals surface area contributed by atoms with E-state index in [9.17, 15) is 4.79 Å². The smallest absolute Gasteiger partial charge is 0.201 e. The average molecular weight is 537 g/mol. The summed E-state index contributed by atoms with van der Waals surface area (Å²) in [6.07, 6.45) is 2.46. The fourth-order valence-electron chi connectivity index (χ4n) is 5.59. The maximum Gasteiger partial charge on any atom is 0.201 e. The van der Waals surface area contributed by atoms with Gasteiger partial charge in [-0.1, -0.05) is 84.9 Å². The van der Waals surface area contributed by atoms with Gasteiger partial charge in [-0.15, -0.1) is 0 Å². The predicted octanol–water partition coefficient (Wildman–Crippen LogP) is 3.12. The molecule has 0 atom stereocenters. The first-order valence-corrected chi connectivity index (χ1v) is 13.9. The van der Waals surface area contributed by atoms with Crippen LogP contribution >= 0.6 is 7.26 Å². The fraction of sp³-hybridized carbons (Fsp3) is 0.0938. The topological polar surface area (TPSA) is 17.1 Å². The van der Waals surface area contributed by atoms with E-state index in [2.05, 4.69) is 121 Å². The van der Waals surface area contributed by atoms with Crippen molar-refractivity contribution in [3.63, 3.8) is 0 Å². The number of benzene rings is 5. The van der Waals surface area contributed by atoms with E-state index in [0.717, 1.165) is 18.4 Å². The van der Waals surface area contributed by atoms with Crippen LogP contribution in [0.4, 0.5) is 0 Å². The average Bonchev–Trinajstić information content (AvgIpc) is 3.35. The maximum absolute atomic E-state index is 14.3. The van der Waals surface area contributed by atoms with Crippen LogP contribution in [0.1, 0.15) is 21.5 Å². The normalized spacial score (nSPS) is 12.3. The van der Waals surface area contributed by atoms with Gasteiger partial charge < -0.3 is 17.0 Å². The summed E-state index contributed by atoms with van der Waals surface area (Å²) >= 11 is 0. The molecule has 1 nitrogen and oxygen atoms in total. The Hall–Kier alpha value is -3.06. The Morgan fingerprint density at radius 3 is 1.69 bits per heavy atom. The molecule has 6 rings (SSSR count). The van der Waals surface area contributed by atoms with Crippen molar-refractivity contribution >= 4 is 39.7 Å². The number of ketones is 1. The molecule has 172 valence electrons. The summed E-state index contributed by atoms with van der Waals surface area (Å²) in [6.45, 7) is 0. The third-order valence-corrected chi connectivity index (χ3v) is 11.5. The molecule has 5 aromatic carbocycles. The zero-order valence-corrected chi connectivity index (χ0v) is 21.9. The lowest BCUT2D eigenvalue weighted by atomic mass is 9.98. The lowest BCUT2D eigenvalue weighted by molar-refractivity contribution is -0.0000143. The Morgan fingerprint density at radius 2 is 1.14 bits per heavy atom.